The van der Waals surface area contributed by atoms with E-state index < -0.39 is 0 Å². The Morgan fingerprint density at radius 1 is 0.955 bits per heavy atom. The van der Waals surface area contributed by atoms with Gasteiger partial charge in [0.05, 0.1) is 11.4 Å². The van der Waals surface area contributed by atoms with E-state index in [1.807, 2.05) is 36.4 Å². The van der Waals surface area contributed by atoms with Crippen LogP contribution in [-0.2, 0) is 0 Å². The number of nitrogens with zero attached hydrogens (tertiary/aromatic N) is 1. The highest BCUT2D eigenvalue weighted by Crippen LogP contribution is 2.46. The van der Waals surface area contributed by atoms with Crippen LogP contribution in [0.2, 0.25) is 0 Å². The molecule has 0 saturated heterocycles. The fourth-order valence-electron chi connectivity index (χ4n) is 2.57. The summed E-state index contributed by atoms with van der Waals surface area (Å²) in [5.74, 6) is 1.77. The summed E-state index contributed by atoms with van der Waals surface area (Å²) in [6.45, 7) is 12.6. The molecule has 1 aliphatic rings. The van der Waals surface area contributed by atoms with Crippen molar-refractivity contribution in [2.75, 3.05) is 11.4 Å². The molecular weight excluding hydrogens is 270 g/mol. The molecule has 0 amide bonds. The van der Waals surface area contributed by atoms with Crippen molar-refractivity contribution >= 4 is 11.4 Å². The van der Waals surface area contributed by atoms with Crippen molar-refractivity contribution in [3.05, 3.63) is 85.5 Å². The van der Waals surface area contributed by atoms with Crippen molar-refractivity contribution in [2.45, 2.75) is 6.42 Å². The summed E-state index contributed by atoms with van der Waals surface area (Å²) in [5, 5.41) is 0. The molecule has 0 atom stereocenters. The number of rotatable bonds is 5. The summed E-state index contributed by atoms with van der Waals surface area (Å²) in [7, 11) is 0. The predicted molar refractivity (Wildman–Crippen MR) is 93.1 cm³/mol. The Bertz CT molecular complexity index is 699. The molecule has 0 saturated carbocycles. The molecule has 2 heteroatoms. The molecule has 1 aliphatic heterocycles. The summed E-state index contributed by atoms with van der Waals surface area (Å²) in [6.07, 6.45) is 2.58. The average Bonchev–Trinajstić information content (AvgIpc) is 2.57. The van der Waals surface area contributed by atoms with Gasteiger partial charge in [0.1, 0.15) is 0 Å². The van der Waals surface area contributed by atoms with Gasteiger partial charge in [0.15, 0.2) is 11.5 Å². The monoisotopic (exact) mass is 289 g/mol. The van der Waals surface area contributed by atoms with Gasteiger partial charge in [0.25, 0.3) is 0 Å². The third-order valence-corrected chi connectivity index (χ3v) is 3.87. The number of para-hydroxylation sites is 4. The van der Waals surface area contributed by atoms with Gasteiger partial charge in [-0.2, -0.15) is 0 Å². The third kappa shape index (κ3) is 2.56. The Balaban J connectivity index is 1.91. The zero-order chi connectivity index (χ0) is 15.5. The Morgan fingerprint density at radius 3 is 2.05 bits per heavy atom. The maximum absolute atomic E-state index is 5.99. The van der Waals surface area contributed by atoms with Gasteiger partial charge < -0.3 is 9.64 Å². The van der Waals surface area contributed by atoms with E-state index in [-0.39, 0.29) is 0 Å². The van der Waals surface area contributed by atoms with Crippen LogP contribution in [0, 0.1) is 0 Å². The molecule has 0 unspecified atom stereocenters. The van der Waals surface area contributed by atoms with Crippen LogP contribution in [-0.4, -0.2) is 6.54 Å². The predicted octanol–water partition coefficient (Wildman–Crippen LogP) is 5.62. The first-order chi connectivity index (χ1) is 10.7. The standard InChI is InChI=1S/C20H19NO/c1-4-15(2)16(3)13-14-21-17-9-5-7-11-19(17)22-20-12-8-6-10-18(20)21/h4-12H,1-3,13-14H2. The highest BCUT2D eigenvalue weighted by molar-refractivity contribution is 5.77. The summed E-state index contributed by atoms with van der Waals surface area (Å²) in [4.78, 5) is 2.27. The largest absolute Gasteiger partial charge is 0.453 e. The second-order valence-corrected chi connectivity index (χ2v) is 5.27. The molecule has 0 radical (unpaired) electrons. The molecule has 0 spiro atoms. The fourth-order valence-corrected chi connectivity index (χ4v) is 2.57. The number of fused-ring (bicyclic) bond motifs is 2. The maximum atomic E-state index is 5.99. The summed E-state index contributed by atoms with van der Waals surface area (Å²) in [5.41, 5.74) is 4.07. The minimum atomic E-state index is 0.822. The summed E-state index contributed by atoms with van der Waals surface area (Å²) in [6, 6.07) is 16.2. The molecule has 0 N–H and O–H groups in total. The van der Waals surface area contributed by atoms with E-state index in [1.165, 1.54) is 0 Å². The maximum Gasteiger partial charge on any atom is 0.151 e. The molecule has 1 heterocycles. The van der Waals surface area contributed by atoms with Crippen molar-refractivity contribution in [1.82, 2.24) is 0 Å². The first-order valence-corrected chi connectivity index (χ1v) is 7.33. The van der Waals surface area contributed by atoms with Gasteiger partial charge in [-0.25, -0.2) is 0 Å². The smallest absolute Gasteiger partial charge is 0.151 e. The first kappa shape index (κ1) is 14.2. The van der Waals surface area contributed by atoms with Crippen LogP contribution in [0.25, 0.3) is 0 Å². The normalized spacial score (nSPS) is 11.9. The van der Waals surface area contributed by atoms with Crippen molar-refractivity contribution in [3.8, 4) is 11.5 Å². The molecule has 0 fully saturated rings. The second kappa shape index (κ2) is 5.94. The molecule has 0 bridgehead atoms. The Morgan fingerprint density at radius 2 is 1.50 bits per heavy atom. The number of allylic oxidation sites excluding steroid dienone is 2. The van der Waals surface area contributed by atoms with E-state index in [0.717, 1.165) is 47.0 Å². The van der Waals surface area contributed by atoms with Crippen molar-refractivity contribution in [2.24, 2.45) is 0 Å². The van der Waals surface area contributed by atoms with Crippen LogP contribution >= 0.6 is 0 Å². The summed E-state index contributed by atoms with van der Waals surface area (Å²) >= 11 is 0. The van der Waals surface area contributed by atoms with Gasteiger partial charge in [-0.1, -0.05) is 50.1 Å². The molecule has 2 aromatic rings. The van der Waals surface area contributed by atoms with Crippen LogP contribution in [0.4, 0.5) is 11.4 Å². The van der Waals surface area contributed by atoms with E-state index in [2.05, 4.69) is 36.8 Å². The van der Waals surface area contributed by atoms with Crippen molar-refractivity contribution < 1.29 is 4.74 Å². The lowest BCUT2D eigenvalue weighted by molar-refractivity contribution is 0.473. The number of hydrogen-bond donors (Lipinski definition) is 0. The first-order valence-electron chi connectivity index (χ1n) is 7.33. The second-order valence-electron chi connectivity index (χ2n) is 5.27. The third-order valence-electron chi connectivity index (χ3n) is 3.87. The van der Waals surface area contributed by atoms with Gasteiger partial charge in [-0.05, 0) is 41.8 Å². The molecule has 2 nitrogen and oxygen atoms in total. The van der Waals surface area contributed by atoms with Crippen LogP contribution in [0.15, 0.2) is 85.5 Å². The topological polar surface area (TPSA) is 12.5 Å². The van der Waals surface area contributed by atoms with Crippen LogP contribution < -0.4 is 9.64 Å². The highest BCUT2D eigenvalue weighted by Gasteiger charge is 2.23. The minimum Gasteiger partial charge on any atom is -0.453 e. The Labute approximate surface area is 131 Å². The minimum absolute atomic E-state index is 0.822. The molecule has 0 aliphatic carbocycles. The molecule has 2 aromatic carbocycles. The SMILES string of the molecule is C=CC(=C)C(=C)CCN1c2ccccc2Oc2ccccc21. The fraction of sp³-hybridized carbons (Fsp3) is 0.100. The van der Waals surface area contributed by atoms with Gasteiger partial charge in [-0.3, -0.25) is 0 Å². The Kier molecular flexibility index (Phi) is 3.84. The number of anilines is 2. The zero-order valence-electron chi connectivity index (χ0n) is 12.6. The molecule has 0 aromatic heterocycles. The lowest BCUT2D eigenvalue weighted by Gasteiger charge is -2.33. The van der Waals surface area contributed by atoms with E-state index >= 15 is 0 Å². The van der Waals surface area contributed by atoms with Crippen molar-refractivity contribution in [1.29, 1.82) is 0 Å². The van der Waals surface area contributed by atoms with Gasteiger partial charge in [0.2, 0.25) is 0 Å². The van der Waals surface area contributed by atoms with Gasteiger partial charge >= 0.3 is 0 Å². The number of hydrogen-bond acceptors (Lipinski definition) is 2. The van der Waals surface area contributed by atoms with Crippen LogP contribution in [0.5, 0.6) is 11.5 Å². The number of benzene rings is 2. The summed E-state index contributed by atoms with van der Waals surface area (Å²) < 4.78 is 5.99. The molecule has 110 valence electrons. The lowest BCUT2D eigenvalue weighted by atomic mass is 10.1. The van der Waals surface area contributed by atoms with Gasteiger partial charge in [0, 0.05) is 6.54 Å². The zero-order valence-corrected chi connectivity index (χ0v) is 12.6. The van der Waals surface area contributed by atoms with Crippen molar-refractivity contribution in [3.63, 3.8) is 0 Å². The van der Waals surface area contributed by atoms with Crippen LogP contribution in [0.1, 0.15) is 6.42 Å². The highest BCUT2D eigenvalue weighted by atomic mass is 16.5. The average molecular weight is 289 g/mol. The van der Waals surface area contributed by atoms with Gasteiger partial charge in [-0.15, -0.1) is 0 Å². The van der Waals surface area contributed by atoms with E-state index in [4.69, 9.17) is 4.74 Å². The molecular formula is C20H19NO. The number of ether oxygens (including phenoxy) is 1. The molecule has 3 rings (SSSR count). The van der Waals surface area contributed by atoms with Crippen LogP contribution in [0.3, 0.4) is 0 Å². The quantitative estimate of drug-likeness (QED) is 0.662. The Hall–Kier alpha value is -2.74. The van der Waals surface area contributed by atoms with E-state index in [0.29, 0.717) is 0 Å². The van der Waals surface area contributed by atoms with E-state index in [1.54, 1.807) is 6.08 Å². The lowest BCUT2D eigenvalue weighted by Crippen LogP contribution is -2.22. The van der Waals surface area contributed by atoms with E-state index in [9.17, 15) is 0 Å². The molecule has 22 heavy (non-hydrogen) atoms.